The molecule has 3 unspecified atom stereocenters. The summed E-state index contributed by atoms with van der Waals surface area (Å²) in [5.41, 5.74) is 0.621. The fourth-order valence-corrected chi connectivity index (χ4v) is 3.75. The highest BCUT2D eigenvalue weighted by Crippen LogP contribution is 2.19. The third-order valence-electron chi connectivity index (χ3n) is 5.34. The number of hydrogen-bond acceptors (Lipinski definition) is 4. The lowest BCUT2D eigenvalue weighted by Gasteiger charge is -2.22. The summed E-state index contributed by atoms with van der Waals surface area (Å²) in [5.74, 6) is -1.82. The molecule has 3 atom stereocenters. The molecule has 1 saturated heterocycles. The summed E-state index contributed by atoms with van der Waals surface area (Å²) in [6.45, 7) is 4.39. The zero-order valence-electron chi connectivity index (χ0n) is 17.5. The molecule has 1 aromatic heterocycles. The molecule has 9 heteroatoms. The molecule has 1 aliphatic heterocycles. The van der Waals surface area contributed by atoms with Gasteiger partial charge in [-0.2, -0.15) is 5.26 Å². The van der Waals surface area contributed by atoms with Crippen LogP contribution in [0, 0.1) is 29.0 Å². The van der Waals surface area contributed by atoms with Gasteiger partial charge in [0.1, 0.15) is 23.6 Å². The van der Waals surface area contributed by atoms with Crippen molar-refractivity contribution in [1.82, 2.24) is 20.9 Å². The van der Waals surface area contributed by atoms with Crippen molar-refractivity contribution >= 4 is 28.6 Å². The molecule has 3 rings (SSSR count). The maximum Gasteiger partial charge on any atom is 0.268 e. The molecule has 164 valence electrons. The normalized spacial score (nSPS) is 17.8. The Labute approximate surface area is 179 Å². The molecule has 0 aliphatic carbocycles. The number of carbonyl (C=O) groups is 3. The van der Waals surface area contributed by atoms with Gasteiger partial charge in [-0.25, -0.2) is 4.39 Å². The molecule has 1 aromatic carbocycles. The molecule has 2 aromatic rings. The molecule has 0 spiro atoms. The standard InChI is InChI=1S/C22H26FN5O3/c1-12(2)8-18(21(30)26-14(11-24)9-13-6-7-25-20(13)29)28-22(31)19-10-15-16(23)4-3-5-17(15)27-19/h3-5,10,12-14,18,27H,6-9H2,1-2H3,(H,25,29)(H,26,30)(H,28,31). The highest BCUT2D eigenvalue weighted by atomic mass is 19.1. The number of halogens is 1. The van der Waals surface area contributed by atoms with Crippen molar-refractivity contribution < 1.29 is 18.8 Å². The Morgan fingerprint density at radius 1 is 1.32 bits per heavy atom. The number of aromatic nitrogens is 1. The molecule has 4 N–H and O–H groups in total. The fourth-order valence-electron chi connectivity index (χ4n) is 3.75. The van der Waals surface area contributed by atoms with Crippen molar-refractivity contribution in [2.75, 3.05) is 6.54 Å². The molecule has 8 nitrogen and oxygen atoms in total. The van der Waals surface area contributed by atoms with Crippen LogP contribution in [0.3, 0.4) is 0 Å². The van der Waals surface area contributed by atoms with Crippen LogP contribution in [-0.2, 0) is 9.59 Å². The molecule has 2 heterocycles. The van der Waals surface area contributed by atoms with E-state index in [1.165, 1.54) is 18.2 Å². The zero-order valence-corrected chi connectivity index (χ0v) is 17.5. The Bertz CT molecular complexity index is 1030. The molecular formula is C22H26FN5O3. The largest absolute Gasteiger partial charge is 0.356 e. The summed E-state index contributed by atoms with van der Waals surface area (Å²) < 4.78 is 13.9. The Kier molecular flexibility index (Phi) is 6.90. The quantitative estimate of drug-likeness (QED) is 0.514. The lowest BCUT2D eigenvalue weighted by atomic mass is 9.98. The average molecular weight is 427 g/mol. The molecule has 1 aliphatic rings. The number of nitriles is 1. The summed E-state index contributed by atoms with van der Waals surface area (Å²) in [4.78, 5) is 40.2. The second kappa shape index (κ2) is 9.60. The molecular weight excluding hydrogens is 401 g/mol. The van der Waals surface area contributed by atoms with E-state index in [4.69, 9.17) is 0 Å². The maximum atomic E-state index is 13.9. The number of carbonyl (C=O) groups excluding carboxylic acids is 3. The lowest BCUT2D eigenvalue weighted by Crippen LogP contribution is -2.50. The number of rotatable bonds is 8. The van der Waals surface area contributed by atoms with Crippen LogP contribution in [0.1, 0.15) is 43.6 Å². The van der Waals surface area contributed by atoms with Gasteiger partial charge in [-0.3, -0.25) is 14.4 Å². The van der Waals surface area contributed by atoms with Gasteiger partial charge in [0.2, 0.25) is 11.8 Å². The third-order valence-corrected chi connectivity index (χ3v) is 5.34. The monoisotopic (exact) mass is 427 g/mol. The highest BCUT2D eigenvalue weighted by Gasteiger charge is 2.30. The predicted octanol–water partition coefficient (Wildman–Crippen LogP) is 1.99. The van der Waals surface area contributed by atoms with Crippen LogP contribution in [0.2, 0.25) is 0 Å². The minimum atomic E-state index is -0.878. The van der Waals surface area contributed by atoms with Gasteiger partial charge in [0.15, 0.2) is 0 Å². The maximum absolute atomic E-state index is 13.9. The number of nitrogens with zero attached hydrogens (tertiary/aromatic N) is 1. The fraction of sp³-hybridized carbons (Fsp3) is 0.455. The molecule has 0 radical (unpaired) electrons. The summed E-state index contributed by atoms with van der Waals surface area (Å²) in [6, 6.07) is 6.21. The number of fused-ring (bicyclic) bond motifs is 1. The van der Waals surface area contributed by atoms with E-state index in [0.29, 0.717) is 24.9 Å². The van der Waals surface area contributed by atoms with Crippen molar-refractivity contribution in [3.63, 3.8) is 0 Å². The summed E-state index contributed by atoms with van der Waals surface area (Å²) in [5, 5.41) is 17.8. The van der Waals surface area contributed by atoms with Crippen LogP contribution in [0.5, 0.6) is 0 Å². The summed E-state index contributed by atoms with van der Waals surface area (Å²) in [7, 11) is 0. The lowest BCUT2D eigenvalue weighted by molar-refractivity contribution is -0.125. The summed E-state index contributed by atoms with van der Waals surface area (Å²) >= 11 is 0. The Balaban J connectivity index is 1.70. The predicted molar refractivity (Wildman–Crippen MR) is 112 cm³/mol. The summed E-state index contributed by atoms with van der Waals surface area (Å²) in [6.07, 6.45) is 1.20. The molecule has 0 bridgehead atoms. The van der Waals surface area contributed by atoms with E-state index in [9.17, 15) is 24.0 Å². The topological polar surface area (TPSA) is 127 Å². The van der Waals surface area contributed by atoms with Crippen LogP contribution in [-0.4, -0.2) is 41.3 Å². The molecule has 1 fully saturated rings. The minimum absolute atomic E-state index is 0.0948. The van der Waals surface area contributed by atoms with E-state index >= 15 is 0 Å². The number of hydrogen-bond donors (Lipinski definition) is 4. The number of H-pyrrole nitrogens is 1. The Morgan fingerprint density at radius 3 is 2.71 bits per heavy atom. The van der Waals surface area contributed by atoms with E-state index < -0.39 is 29.7 Å². The van der Waals surface area contributed by atoms with Crippen LogP contribution in [0.25, 0.3) is 10.9 Å². The van der Waals surface area contributed by atoms with Gasteiger partial charge >= 0.3 is 0 Å². The van der Waals surface area contributed by atoms with Crippen molar-refractivity contribution in [3.8, 4) is 6.07 Å². The minimum Gasteiger partial charge on any atom is -0.356 e. The SMILES string of the molecule is CC(C)CC(NC(=O)c1cc2c(F)cccc2[nH]1)C(=O)NC(C#N)CC1CCNC1=O. The van der Waals surface area contributed by atoms with Gasteiger partial charge in [-0.05, 0) is 43.4 Å². The van der Waals surface area contributed by atoms with Gasteiger partial charge < -0.3 is 20.9 Å². The van der Waals surface area contributed by atoms with E-state index in [-0.39, 0.29) is 35.2 Å². The van der Waals surface area contributed by atoms with E-state index in [1.807, 2.05) is 19.9 Å². The van der Waals surface area contributed by atoms with Gasteiger partial charge in [0.25, 0.3) is 5.91 Å². The van der Waals surface area contributed by atoms with Crippen LogP contribution in [0.4, 0.5) is 4.39 Å². The molecule has 31 heavy (non-hydrogen) atoms. The second-order valence-corrected chi connectivity index (χ2v) is 8.24. The Morgan fingerprint density at radius 2 is 2.10 bits per heavy atom. The van der Waals surface area contributed by atoms with Crippen molar-refractivity contribution in [3.05, 3.63) is 35.8 Å². The number of amides is 3. The van der Waals surface area contributed by atoms with Gasteiger partial charge in [-0.1, -0.05) is 19.9 Å². The van der Waals surface area contributed by atoms with Crippen LogP contribution in [0.15, 0.2) is 24.3 Å². The highest BCUT2D eigenvalue weighted by molar-refractivity contribution is 6.00. The van der Waals surface area contributed by atoms with Crippen LogP contribution >= 0.6 is 0 Å². The first-order chi connectivity index (χ1) is 14.8. The van der Waals surface area contributed by atoms with E-state index in [2.05, 4.69) is 20.9 Å². The van der Waals surface area contributed by atoms with Gasteiger partial charge in [0, 0.05) is 23.4 Å². The number of benzene rings is 1. The third kappa shape index (κ3) is 5.40. The first-order valence-electron chi connectivity index (χ1n) is 10.3. The average Bonchev–Trinajstić information content (AvgIpc) is 3.33. The smallest absolute Gasteiger partial charge is 0.268 e. The number of aromatic amines is 1. The number of nitrogens with one attached hydrogen (secondary N) is 4. The van der Waals surface area contributed by atoms with Gasteiger partial charge in [0.05, 0.1) is 6.07 Å². The first-order valence-corrected chi connectivity index (χ1v) is 10.3. The van der Waals surface area contributed by atoms with Crippen molar-refractivity contribution in [2.24, 2.45) is 11.8 Å². The van der Waals surface area contributed by atoms with Gasteiger partial charge in [-0.15, -0.1) is 0 Å². The zero-order chi connectivity index (χ0) is 22.5. The Hall–Kier alpha value is -3.41. The van der Waals surface area contributed by atoms with E-state index in [1.54, 1.807) is 6.07 Å². The first kappa shape index (κ1) is 22.3. The van der Waals surface area contributed by atoms with Crippen molar-refractivity contribution in [1.29, 1.82) is 5.26 Å². The molecule has 3 amide bonds. The molecule has 0 saturated carbocycles. The van der Waals surface area contributed by atoms with E-state index in [0.717, 1.165) is 0 Å². The second-order valence-electron chi connectivity index (χ2n) is 8.24. The van der Waals surface area contributed by atoms with Crippen LogP contribution < -0.4 is 16.0 Å². The van der Waals surface area contributed by atoms with Crippen molar-refractivity contribution in [2.45, 2.75) is 45.2 Å².